The predicted octanol–water partition coefficient (Wildman–Crippen LogP) is 4.99. The number of para-hydroxylation sites is 1. The lowest BCUT2D eigenvalue weighted by molar-refractivity contribution is 0.102. The van der Waals surface area contributed by atoms with E-state index in [2.05, 4.69) is 42.5 Å². The normalized spacial score (nSPS) is 15.2. The Hall–Kier alpha value is -2.36. The summed E-state index contributed by atoms with van der Waals surface area (Å²) in [6.07, 6.45) is 6.76. The minimum atomic E-state index is -0.177. The Morgan fingerprint density at radius 3 is 2.44 bits per heavy atom. The van der Waals surface area contributed by atoms with E-state index in [9.17, 15) is 4.79 Å². The van der Waals surface area contributed by atoms with Crippen molar-refractivity contribution in [3.63, 3.8) is 0 Å². The van der Waals surface area contributed by atoms with Gasteiger partial charge in [0.05, 0.1) is 11.9 Å². The fourth-order valence-corrected chi connectivity index (χ4v) is 3.35. The molecule has 2 N–H and O–H groups in total. The van der Waals surface area contributed by atoms with Crippen LogP contribution in [0.1, 0.15) is 62.5 Å². The number of hydrogen-bond acceptors (Lipinski definition) is 3. The standard InChI is InChI=1S/C21H27N3O/c1-21(2,3)17-10-6-7-11-18(17)24-20(25)19-13-12-16(14-22-19)23-15-8-4-5-9-15/h6-7,10-15,23H,4-5,8-9H2,1-3H3,(H,24,25). The zero-order chi connectivity index (χ0) is 17.9. The van der Waals surface area contributed by atoms with E-state index in [1.807, 2.05) is 24.3 Å². The summed E-state index contributed by atoms with van der Waals surface area (Å²) in [5, 5.41) is 6.50. The predicted molar refractivity (Wildman–Crippen MR) is 103 cm³/mol. The van der Waals surface area contributed by atoms with Crippen LogP contribution in [0.15, 0.2) is 42.6 Å². The largest absolute Gasteiger partial charge is 0.381 e. The molecule has 1 fully saturated rings. The highest BCUT2D eigenvalue weighted by molar-refractivity contribution is 6.03. The second-order valence-electron chi connectivity index (χ2n) is 7.81. The van der Waals surface area contributed by atoms with Gasteiger partial charge >= 0.3 is 0 Å². The van der Waals surface area contributed by atoms with Crippen molar-refractivity contribution >= 4 is 17.3 Å². The number of rotatable bonds is 4. The summed E-state index contributed by atoms with van der Waals surface area (Å²) in [7, 11) is 0. The van der Waals surface area contributed by atoms with Crippen LogP contribution in [0, 0.1) is 0 Å². The number of hydrogen-bond donors (Lipinski definition) is 2. The number of nitrogens with zero attached hydrogens (tertiary/aromatic N) is 1. The molecule has 1 aliphatic carbocycles. The van der Waals surface area contributed by atoms with Crippen molar-refractivity contribution in [3.05, 3.63) is 53.9 Å². The lowest BCUT2D eigenvalue weighted by atomic mass is 9.86. The molecule has 0 atom stereocenters. The van der Waals surface area contributed by atoms with Crippen LogP contribution in [0.5, 0.6) is 0 Å². The van der Waals surface area contributed by atoms with Gasteiger partial charge in [-0.05, 0) is 42.0 Å². The van der Waals surface area contributed by atoms with Crippen molar-refractivity contribution in [2.75, 3.05) is 10.6 Å². The van der Waals surface area contributed by atoms with Crippen molar-refractivity contribution in [1.82, 2.24) is 4.98 Å². The van der Waals surface area contributed by atoms with Gasteiger partial charge < -0.3 is 10.6 Å². The van der Waals surface area contributed by atoms with E-state index in [4.69, 9.17) is 0 Å². The van der Waals surface area contributed by atoms with Gasteiger partial charge in [0.2, 0.25) is 0 Å². The van der Waals surface area contributed by atoms with E-state index in [1.54, 1.807) is 12.3 Å². The van der Waals surface area contributed by atoms with Crippen LogP contribution in [0.4, 0.5) is 11.4 Å². The molecule has 3 rings (SSSR count). The number of carbonyl (C=O) groups excluding carboxylic acids is 1. The van der Waals surface area contributed by atoms with E-state index < -0.39 is 0 Å². The molecule has 0 aliphatic heterocycles. The molecule has 1 saturated carbocycles. The first-order valence-electron chi connectivity index (χ1n) is 9.07. The average Bonchev–Trinajstić information content (AvgIpc) is 3.08. The topological polar surface area (TPSA) is 54.0 Å². The summed E-state index contributed by atoms with van der Waals surface area (Å²) < 4.78 is 0. The molecule has 2 aromatic rings. The van der Waals surface area contributed by atoms with Gasteiger partial charge in [0.15, 0.2) is 0 Å². The van der Waals surface area contributed by atoms with Crippen molar-refractivity contribution in [1.29, 1.82) is 0 Å². The molecule has 1 amide bonds. The molecule has 0 unspecified atom stereocenters. The number of carbonyl (C=O) groups is 1. The van der Waals surface area contributed by atoms with Crippen LogP contribution in [0.3, 0.4) is 0 Å². The van der Waals surface area contributed by atoms with Crippen molar-refractivity contribution in [2.24, 2.45) is 0 Å². The van der Waals surface area contributed by atoms with E-state index in [-0.39, 0.29) is 11.3 Å². The lowest BCUT2D eigenvalue weighted by Gasteiger charge is -2.23. The van der Waals surface area contributed by atoms with E-state index in [0.29, 0.717) is 11.7 Å². The molecule has 1 heterocycles. The molecule has 0 spiro atoms. The molecular formula is C21H27N3O. The van der Waals surface area contributed by atoms with Gasteiger partial charge in [-0.25, -0.2) is 4.98 Å². The SMILES string of the molecule is CC(C)(C)c1ccccc1NC(=O)c1ccc(NC2CCCC2)cn1. The Morgan fingerprint density at radius 1 is 1.08 bits per heavy atom. The fourth-order valence-electron chi connectivity index (χ4n) is 3.35. The molecular weight excluding hydrogens is 310 g/mol. The third kappa shape index (κ3) is 4.38. The summed E-state index contributed by atoms with van der Waals surface area (Å²) in [5.74, 6) is -0.177. The maximum atomic E-state index is 12.6. The quantitative estimate of drug-likeness (QED) is 0.827. The molecule has 1 aromatic carbocycles. The molecule has 0 bridgehead atoms. The highest BCUT2D eigenvalue weighted by Crippen LogP contribution is 2.29. The first-order chi connectivity index (χ1) is 11.9. The highest BCUT2D eigenvalue weighted by Gasteiger charge is 2.19. The second kappa shape index (κ2) is 7.26. The van der Waals surface area contributed by atoms with Gasteiger partial charge in [0.1, 0.15) is 5.69 Å². The number of anilines is 2. The molecule has 1 aliphatic rings. The van der Waals surface area contributed by atoms with Crippen LogP contribution >= 0.6 is 0 Å². The zero-order valence-electron chi connectivity index (χ0n) is 15.3. The lowest BCUT2D eigenvalue weighted by Crippen LogP contribution is -2.19. The average molecular weight is 337 g/mol. The summed E-state index contributed by atoms with van der Waals surface area (Å²) in [6.45, 7) is 6.42. The maximum absolute atomic E-state index is 12.6. The van der Waals surface area contributed by atoms with Gasteiger partial charge in [-0.2, -0.15) is 0 Å². The summed E-state index contributed by atoms with van der Waals surface area (Å²) in [4.78, 5) is 16.9. The summed E-state index contributed by atoms with van der Waals surface area (Å²) in [6, 6.07) is 12.2. The first kappa shape index (κ1) is 17.5. The van der Waals surface area contributed by atoms with Crippen LogP contribution in [-0.4, -0.2) is 16.9 Å². The smallest absolute Gasteiger partial charge is 0.274 e. The van der Waals surface area contributed by atoms with Gasteiger partial charge in [-0.3, -0.25) is 4.79 Å². The van der Waals surface area contributed by atoms with Crippen LogP contribution < -0.4 is 10.6 Å². The molecule has 4 heteroatoms. The van der Waals surface area contributed by atoms with Crippen molar-refractivity contribution in [3.8, 4) is 0 Å². The summed E-state index contributed by atoms with van der Waals surface area (Å²) in [5.41, 5.74) is 3.34. The molecule has 1 aromatic heterocycles. The molecule has 0 radical (unpaired) electrons. The maximum Gasteiger partial charge on any atom is 0.274 e. The van der Waals surface area contributed by atoms with Crippen molar-refractivity contribution < 1.29 is 4.79 Å². The van der Waals surface area contributed by atoms with Crippen LogP contribution in [-0.2, 0) is 5.41 Å². The number of pyridine rings is 1. The Kier molecular flexibility index (Phi) is 5.07. The Balaban J connectivity index is 1.69. The van der Waals surface area contributed by atoms with Crippen LogP contribution in [0.25, 0.3) is 0 Å². The summed E-state index contributed by atoms with van der Waals surface area (Å²) >= 11 is 0. The van der Waals surface area contributed by atoms with E-state index >= 15 is 0 Å². The Morgan fingerprint density at radius 2 is 1.80 bits per heavy atom. The number of nitrogens with one attached hydrogen (secondary N) is 2. The van der Waals surface area contributed by atoms with Crippen LogP contribution in [0.2, 0.25) is 0 Å². The Bertz CT molecular complexity index is 726. The van der Waals surface area contributed by atoms with E-state index in [0.717, 1.165) is 16.9 Å². The zero-order valence-corrected chi connectivity index (χ0v) is 15.3. The number of benzene rings is 1. The van der Waals surface area contributed by atoms with Gasteiger partial charge in [0.25, 0.3) is 5.91 Å². The van der Waals surface area contributed by atoms with Crippen molar-refractivity contribution in [2.45, 2.75) is 57.9 Å². The second-order valence-corrected chi connectivity index (χ2v) is 7.81. The molecule has 132 valence electrons. The molecule has 4 nitrogen and oxygen atoms in total. The number of aromatic nitrogens is 1. The van der Waals surface area contributed by atoms with Gasteiger partial charge in [-0.1, -0.05) is 51.8 Å². The molecule has 0 saturated heterocycles. The first-order valence-corrected chi connectivity index (χ1v) is 9.07. The Labute approximate surface area is 150 Å². The number of amides is 1. The fraction of sp³-hybridized carbons (Fsp3) is 0.429. The molecule has 25 heavy (non-hydrogen) atoms. The monoisotopic (exact) mass is 337 g/mol. The van der Waals surface area contributed by atoms with E-state index in [1.165, 1.54) is 25.7 Å². The third-order valence-electron chi connectivity index (χ3n) is 4.71. The highest BCUT2D eigenvalue weighted by atomic mass is 16.1. The third-order valence-corrected chi connectivity index (χ3v) is 4.71. The minimum Gasteiger partial charge on any atom is -0.381 e. The minimum absolute atomic E-state index is 0.0354. The van der Waals surface area contributed by atoms with Gasteiger partial charge in [-0.15, -0.1) is 0 Å². The van der Waals surface area contributed by atoms with Gasteiger partial charge in [0, 0.05) is 11.7 Å².